The number of carbonyl (C=O) groups excluding carboxylic acids is 1. The summed E-state index contributed by atoms with van der Waals surface area (Å²) in [6.45, 7) is 4.87. The molecular formula is C14H17N3O2. The second-order valence-electron chi connectivity index (χ2n) is 4.29. The lowest BCUT2D eigenvalue weighted by atomic mass is 10.2. The van der Waals surface area contributed by atoms with E-state index in [-0.39, 0.29) is 12.6 Å². The molecule has 0 saturated carbocycles. The van der Waals surface area contributed by atoms with E-state index in [4.69, 9.17) is 10.5 Å². The molecule has 0 aliphatic heterocycles. The number of rotatable bonds is 4. The minimum atomic E-state index is -0.381. The fraction of sp³-hybridized carbons (Fsp3) is 0.286. The first-order valence-electron chi connectivity index (χ1n) is 6.16. The van der Waals surface area contributed by atoms with Crippen LogP contribution in [0.5, 0.6) is 0 Å². The van der Waals surface area contributed by atoms with Crippen molar-refractivity contribution in [2.45, 2.75) is 27.0 Å². The molecule has 5 nitrogen and oxygen atoms in total. The molecule has 2 aromatic rings. The fourth-order valence-electron chi connectivity index (χ4n) is 1.88. The van der Waals surface area contributed by atoms with Gasteiger partial charge in [-0.25, -0.2) is 4.79 Å². The summed E-state index contributed by atoms with van der Waals surface area (Å²) in [6.07, 6.45) is 0. The maximum atomic E-state index is 11.9. The maximum Gasteiger partial charge on any atom is 0.338 e. The highest BCUT2D eigenvalue weighted by atomic mass is 16.5. The Balaban J connectivity index is 2.04. The molecule has 0 bridgehead atoms. The van der Waals surface area contributed by atoms with Crippen molar-refractivity contribution in [3.63, 3.8) is 0 Å². The first kappa shape index (κ1) is 13.1. The molecule has 0 radical (unpaired) electrons. The van der Waals surface area contributed by atoms with E-state index in [0.717, 1.165) is 17.9 Å². The summed E-state index contributed by atoms with van der Waals surface area (Å²) in [4.78, 5) is 11.9. The molecule has 19 heavy (non-hydrogen) atoms. The van der Waals surface area contributed by atoms with Crippen molar-refractivity contribution in [3.8, 4) is 0 Å². The Morgan fingerprint density at radius 1 is 1.42 bits per heavy atom. The molecule has 2 N–H and O–H groups in total. The van der Waals surface area contributed by atoms with Gasteiger partial charge in [-0.05, 0) is 38.1 Å². The molecule has 2 rings (SSSR count). The van der Waals surface area contributed by atoms with Gasteiger partial charge in [0.25, 0.3) is 0 Å². The van der Waals surface area contributed by atoms with Gasteiger partial charge in [0.15, 0.2) is 0 Å². The average Bonchev–Trinajstić information content (AvgIpc) is 2.76. The van der Waals surface area contributed by atoms with Crippen LogP contribution in [0.1, 0.15) is 28.7 Å². The van der Waals surface area contributed by atoms with Crippen molar-refractivity contribution >= 4 is 11.7 Å². The average molecular weight is 259 g/mol. The highest BCUT2D eigenvalue weighted by Crippen LogP contribution is 2.10. The minimum Gasteiger partial charge on any atom is -0.456 e. The number of esters is 1. The quantitative estimate of drug-likeness (QED) is 0.674. The normalized spacial score (nSPS) is 10.4. The van der Waals surface area contributed by atoms with Crippen molar-refractivity contribution in [2.75, 3.05) is 5.73 Å². The van der Waals surface area contributed by atoms with Crippen LogP contribution in [0.25, 0.3) is 0 Å². The predicted molar refractivity (Wildman–Crippen MR) is 72.6 cm³/mol. The summed E-state index contributed by atoms with van der Waals surface area (Å²) < 4.78 is 7.09. The number of ether oxygens (including phenoxy) is 1. The Labute approximate surface area is 112 Å². The minimum absolute atomic E-state index is 0.211. The van der Waals surface area contributed by atoms with E-state index in [1.807, 2.05) is 24.6 Å². The van der Waals surface area contributed by atoms with Crippen LogP contribution in [0.15, 0.2) is 30.3 Å². The second kappa shape index (κ2) is 5.56. The highest BCUT2D eigenvalue weighted by Gasteiger charge is 2.10. The third-order valence-electron chi connectivity index (χ3n) is 2.76. The fourth-order valence-corrected chi connectivity index (χ4v) is 1.88. The molecule has 0 saturated heterocycles. The third-order valence-corrected chi connectivity index (χ3v) is 2.76. The third kappa shape index (κ3) is 3.13. The van der Waals surface area contributed by atoms with Gasteiger partial charge in [0.1, 0.15) is 6.61 Å². The van der Waals surface area contributed by atoms with E-state index >= 15 is 0 Å². The van der Waals surface area contributed by atoms with Crippen LogP contribution in [0.4, 0.5) is 5.69 Å². The number of nitrogens with two attached hydrogens (primary N) is 1. The largest absolute Gasteiger partial charge is 0.456 e. The molecule has 1 aromatic heterocycles. The van der Waals surface area contributed by atoms with Crippen molar-refractivity contribution in [2.24, 2.45) is 0 Å². The van der Waals surface area contributed by atoms with Gasteiger partial charge >= 0.3 is 5.97 Å². The number of nitrogens with zero attached hydrogens (tertiary/aromatic N) is 2. The van der Waals surface area contributed by atoms with Crippen molar-refractivity contribution in [1.82, 2.24) is 9.78 Å². The molecule has 0 atom stereocenters. The summed E-state index contributed by atoms with van der Waals surface area (Å²) >= 11 is 0. The van der Waals surface area contributed by atoms with Crippen LogP contribution in [-0.4, -0.2) is 15.7 Å². The second-order valence-corrected chi connectivity index (χ2v) is 4.29. The summed E-state index contributed by atoms with van der Waals surface area (Å²) in [5, 5.41) is 4.30. The Hall–Kier alpha value is -2.30. The zero-order chi connectivity index (χ0) is 13.8. The van der Waals surface area contributed by atoms with Crippen LogP contribution in [-0.2, 0) is 17.9 Å². The lowest BCUT2D eigenvalue weighted by Gasteiger charge is -2.06. The molecular weight excluding hydrogens is 242 g/mol. The zero-order valence-electron chi connectivity index (χ0n) is 11.1. The molecule has 5 heteroatoms. The number of hydrogen-bond donors (Lipinski definition) is 1. The molecule has 1 heterocycles. The molecule has 0 spiro atoms. The van der Waals surface area contributed by atoms with Gasteiger partial charge in [-0.15, -0.1) is 0 Å². The van der Waals surface area contributed by atoms with Crippen LogP contribution in [0.2, 0.25) is 0 Å². The van der Waals surface area contributed by atoms with Gasteiger partial charge in [-0.2, -0.15) is 5.10 Å². The van der Waals surface area contributed by atoms with Gasteiger partial charge in [-0.1, -0.05) is 6.07 Å². The summed E-state index contributed by atoms with van der Waals surface area (Å²) in [7, 11) is 0. The van der Waals surface area contributed by atoms with E-state index in [1.54, 1.807) is 24.3 Å². The zero-order valence-corrected chi connectivity index (χ0v) is 11.1. The molecule has 0 aliphatic rings. The number of anilines is 1. The van der Waals surface area contributed by atoms with Gasteiger partial charge in [0.05, 0.1) is 17.0 Å². The maximum absolute atomic E-state index is 11.9. The van der Waals surface area contributed by atoms with Crippen LogP contribution < -0.4 is 5.73 Å². The van der Waals surface area contributed by atoms with Crippen LogP contribution in [0.3, 0.4) is 0 Å². The first-order chi connectivity index (χ1) is 9.10. The smallest absolute Gasteiger partial charge is 0.338 e. The number of aryl methyl sites for hydroxylation is 2. The topological polar surface area (TPSA) is 70.1 Å². The van der Waals surface area contributed by atoms with E-state index in [2.05, 4.69) is 5.10 Å². The van der Waals surface area contributed by atoms with Gasteiger partial charge in [0.2, 0.25) is 0 Å². The predicted octanol–water partition coefficient (Wildman–Crippen LogP) is 2.15. The number of aromatic nitrogens is 2. The standard InChI is InChI=1S/C14H17N3O2/c1-3-17-13(7-10(2)16-17)9-19-14(18)11-5-4-6-12(15)8-11/h4-8H,3,9,15H2,1-2H3. The number of nitrogen functional groups attached to an aromatic ring is 1. The molecule has 0 amide bonds. The summed E-state index contributed by atoms with van der Waals surface area (Å²) in [6, 6.07) is 8.65. The van der Waals surface area contributed by atoms with Crippen molar-refractivity contribution < 1.29 is 9.53 Å². The van der Waals surface area contributed by atoms with E-state index in [0.29, 0.717) is 11.3 Å². The van der Waals surface area contributed by atoms with Crippen molar-refractivity contribution in [3.05, 3.63) is 47.3 Å². The number of benzene rings is 1. The monoisotopic (exact) mass is 259 g/mol. The number of hydrogen-bond acceptors (Lipinski definition) is 4. The Bertz CT molecular complexity index is 590. The Morgan fingerprint density at radius 3 is 2.89 bits per heavy atom. The van der Waals surface area contributed by atoms with Gasteiger partial charge < -0.3 is 10.5 Å². The van der Waals surface area contributed by atoms with Crippen LogP contribution in [0, 0.1) is 6.92 Å². The lowest BCUT2D eigenvalue weighted by molar-refractivity contribution is 0.0462. The molecule has 0 unspecified atom stereocenters. The molecule has 100 valence electrons. The van der Waals surface area contributed by atoms with Crippen molar-refractivity contribution in [1.29, 1.82) is 0 Å². The SMILES string of the molecule is CCn1nc(C)cc1COC(=O)c1cccc(N)c1. The lowest BCUT2D eigenvalue weighted by Crippen LogP contribution is -2.09. The van der Waals surface area contributed by atoms with E-state index in [1.165, 1.54) is 0 Å². The molecule has 0 aliphatic carbocycles. The van der Waals surface area contributed by atoms with Gasteiger partial charge in [-0.3, -0.25) is 4.68 Å². The number of carbonyl (C=O) groups is 1. The van der Waals surface area contributed by atoms with Crippen LogP contribution >= 0.6 is 0 Å². The van der Waals surface area contributed by atoms with Gasteiger partial charge in [0, 0.05) is 12.2 Å². The molecule has 0 fully saturated rings. The first-order valence-corrected chi connectivity index (χ1v) is 6.16. The Kier molecular flexibility index (Phi) is 3.85. The summed E-state index contributed by atoms with van der Waals surface area (Å²) in [5.74, 6) is -0.381. The highest BCUT2D eigenvalue weighted by molar-refractivity contribution is 5.90. The van der Waals surface area contributed by atoms with E-state index < -0.39 is 0 Å². The van der Waals surface area contributed by atoms with E-state index in [9.17, 15) is 4.79 Å². The summed E-state index contributed by atoms with van der Waals surface area (Å²) in [5.41, 5.74) is 8.43. The molecule has 1 aromatic carbocycles. The Morgan fingerprint density at radius 2 is 2.21 bits per heavy atom.